The van der Waals surface area contributed by atoms with Crippen molar-refractivity contribution in [3.05, 3.63) is 59.4 Å². The molecule has 1 aromatic heterocycles. The smallest absolute Gasteiger partial charge is 0.231 e. The van der Waals surface area contributed by atoms with Crippen molar-refractivity contribution in [2.45, 2.75) is 38.1 Å². The van der Waals surface area contributed by atoms with Crippen LogP contribution in [0.15, 0.2) is 42.7 Å². The summed E-state index contributed by atoms with van der Waals surface area (Å²) in [5.41, 5.74) is 2.78. The highest BCUT2D eigenvalue weighted by Gasteiger charge is 2.51. The molecule has 23 heavy (non-hydrogen) atoms. The van der Waals surface area contributed by atoms with Gasteiger partial charge in [0, 0.05) is 12.4 Å². The van der Waals surface area contributed by atoms with Gasteiger partial charge >= 0.3 is 0 Å². The molecule has 1 saturated carbocycles. The van der Waals surface area contributed by atoms with Gasteiger partial charge < -0.3 is 10.1 Å². The number of carbonyl (C=O) groups excluding carboxylic acids is 1. The third kappa shape index (κ3) is 2.93. The van der Waals surface area contributed by atoms with E-state index in [1.807, 2.05) is 44.2 Å². The van der Waals surface area contributed by atoms with Gasteiger partial charge in [-0.2, -0.15) is 0 Å². The van der Waals surface area contributed by atoms with Crippen molar-refractivity contribution in [1.82, 2.24) is 10.3 Å². The van der Waals surface area contributed by atoms with E-state index < -0.39 is 5.41 Å². The van der Waals surface area contributed by atoms with Crippen LogP contribution < -0.4 is 10.1 Å². The standard InChI is InChI=1S/C19H22N2O2/c1-13-4-5-16(12-17(13)23-3)19(8-9-19)18(22)21-14(2)15-6-10-20-11-7-15/h4-7,10-12,14H,8-9H2,1-3H3,(H,21,22)/t14-/m1/s1. The lowest BCUT2D eigenvalue weighted by Gasteiger charge is -2.21. The van der Waals surface area contributed by atoms with Crippen molar-refractivity contribution in [3.8, 4) is 5.75 Å². The van der Waals surface area contributed by atoms with Gasteiger partial charge in [0.05, 0.1) is 18.6 Å². The molecule has 0 bridgehead atoms. The van der Waals surface area contributed by atoms with Crippen LogP contribution in [0.1, 0.15) is 42.5 Å². The number of carbonyl (C=O) groups is 1. The molecular weight excluding hydrogens is 288 g/mol. The molecule has 1 atom stereocenters. The number of benzene rings is 1. The van der Waals surface area contributed by atoms with E-state index in [-0.39, 0.29) is 11.9 Å². The number of pyridine rings is 1. The highest BCUT2D eigenvalue weighted by molar-refractivity contribution is 5.91. The van der Waals surface area contributed by atoms with Gasteiger partial charge in [-0.1, -0.05) is 12.1 Å². The van der Waals surface area contributed by atoms with Gasteiger partial charge in [0.25, 0.3) is 0 Å². The molecule has 3 rings (SSSR count). The molecular formula is C19H22N2O2. The molecule has 4 heteroatoms. The number of aromatic nitrogens is 1. The Hall–Kier alpha value is -2.36. The molecule has 1 aliphatic rings. The largest absolute Gasteiger partial charge is 0.496 e. The number of hydrogen-bond donors (Lipinski definition) is 1. The molecule has 120 valence electrons. The fourth-order valence-corrected chi connectivity index (χ4v) is 2.96. The lowest BCUT2D eigenvalue weighted by atomic mass is 9.93. The number of ether oxygens (including phenoxy) is 1. The van der Waals surface area contributed by atoms with Crippen molar-refractivity contribution in [2.75, 3.05) is 7.11 Å². The van der Waals surface area contributed by atoms with Crippen LogP contribution in [-0.4, -0.2) is 18.0 Å². The lowest BCUT2D eigenvalue weighted by molar-refractivity contribution is -0.124. The molecule has 1 aliphatic carbocycles. The van der Waals surface area contributed by atoms with Crippen molar-refractivity contribution in [2.24, 2.45) is 0 Å². The predicted molar refractivity (Wildman–Crippen MR) is 89.4 cm³/mol. The summed E-state index contributed by atoms with van der Waals surface area (Å²) in [5.74, 6) is 0.927. The van der Waals surface area contributed by atoms with Crippen LogP contribution >= 0.6 is 0 Å². The number of methoxy groups -OCH3 is 1. The average Bonchev–Trinajstić information content (AvgIpc) is 3.38. The summed E-state index contributed by atoms with van der Waals surface area (Å²) in [6, 6.07) is 9.89. The van der Waals surface area contributed by atoms with Crippen LogP contribution in [0.2, 0.25) is 0 Å². The highest BCUT2D eigenvalue weighted by atomic mass is 16.5. The molecule has 1 aromatic carbocycles. The van der Waals surface area contributed by atoms with Crippen LogP contribution in [0.3, 0.4) is 0 Å². The molecule has 0 aliphatic heterocycles. The first-order chi connectivity index (χ1) is 11.1. The molecule has 0 unspecified atom stereocenters. The number of aryl methyl sites for hydroxylation is 1. The fraction of sp³-hybridized carbons (Fsp3) is 0.368. The first-order valence-corrected chi connectivity index (χ1v) is 7.93. The Balaban J connectivity index is 1.79. The fourth-order valence-electron chi connectivity index (χ4n) is 2.96. The maximum absolute atomic E-state index is 12.8. The van der Waals surface area contributed by atoms with Gasteiger partial charge in [0.15, 0.2) is 0 Å². The number of hydrogen-bond acceptors (Lipinski definition) is 3. The van der Waals surface area contributed by atoms with Crippen LogP contribution in [0.4, 0.5) is 0 Å². The number of amides is 1. The van der Waals surface area contributed by atoms with Gasteiger partial charge in [0.1, 0.15) is 5.75 Å². The summed E-state index contributed by atoms with van der Waals surface area (Å²) in [7, 11) is 1.66. The first kappa shape index (κ1) is 15.5. The number of rotatable bonds is 5. The zero-order valence-electron chi connectivity index (χ0n) is 13.8. The SMILES string of the molecule is COc1cc(C2(C(=O)N[C@H](C)c3ccncc3)CC2)ccc1C. The van der Waals surface area contributed by atoms with Crippen molar-refractivity contribution >= 4 is 5.91 Å². The average molecular weight is 310 g/mol. The third-order valence-electron chi connectivity index (χ3n) is 4.70. The van der Waals surface area contributed by atoms with Crippen molar-refractivity contribution in [3.63, 3.8) is 0 Å². The van der Waals surface area contributed by atoms with E-state index in [2.05, 4.69) is 10.3 Å². The second-order valence-electron chi connectivity index (χ2n) is 6.24. The van der Waals surface area contributed by atoms with Gasteiger partial charge in [-0.3, -0.25) is 9.78 Å². The normalized spacial score (nSPS) is 16.5. The van der Waals surface area contributed by atoms with Crippen LogP contribution in [0.5, 0.6) is 5.75 Å². The summed E-state index contributed by atoms with van der Waals surface area (Å²) >= 11 is 0. The Kier molecular flexibility index (Phi) is 4.07. The highest BCUT2D eigenvalue weighted by Crippen LogP contribution is 2.49. The monoisotopic (exact) mass is 310 g/mol. The minimum Gasteiger partial charge on any atom is -0.496 e. The Morgan fingerprint density at radius 1 is 1.26 bits per heavy atom. The molecule has 1 N–H and O–H groups in total. The van der Waals surface area contributed by atoms with E-state index in [0.29, 0.717) is 0 Å². The van der Waals surface area contributed by atoms with Crippen molar-refractivity contribution in [1.29, 1.82) is 0 Å². The number of nitrogens with zero attached hydrogens (tertiary/aromatic N) is 1. The predicted octanol–water partition coefficient (Wildman–Crippen LogP) is 3.31. The molecule has 0 saturated heterocycles. The summed E-state index contributed by atoms with van der Waals surface area (Å²) in [6.07, 6.45) is 5.26. The summed E-state index contributed by atoms with van der Waals surface area (Å²) in [4.78, 5) is 16.8. The Bertz CT molecular complexity index is 709. The molecule has 2 aromatic rings. The van der Waals surface area contributed by atoms with E-state index >= 15 is 0 Å². The molecule has 0 spiro atoms. The maximum atomic E-state index is 12.8. The summed E-state index contributed by atoms with van der Waals surface area (Å²) in [5, 5.41) is 3.14. The maximum Gasteiger partial charge on any atom is 0.231 e. The molecule has 4 nitrogen and oxygen atoms in total. The van der Waals surface area contributed by atoms with E-state index in [9.17, 15) is 4.79 Å². The Morgan fingerprint density at radius 3 is 2.57 bits per heavy atom. The second kappa shape index (κ2) is 6.03. The van der Waals surface area contributed by atoms with E-state index in [4.69, 9.17) is 4.74 Å². The summed E-state index contributed by atoms with van der Waals surface area (Å²) < 4.78 is 5.40. The topological polar surface area (TPSA) is 51.2 Å². The van der Waals surface area contributed by atoms with Gasteiger partial charge in [0.2, 0.25) is 5.91 Å². The first-order valence-electron chi connectivity index (χ1n) is 7.93. The zero-order valence-corrected chi connectivity index (χ0v) is 13.8. The Labute approximate surface area is 136 Å². The summed E-state index contributed by atoms with van der Waals surface area (Å²) in [6.45, 7) is 4.01. The Morgan fingerprint density at radius 2 is 1.96 bits per heavy atom. The minimum atomic E-state index is -0.401. The van der Waals surface area contributed by atoms with Crippen LogP contribution in [0, 0.1) is 6.92 Å². The van der Waals surface area contributed by atoms with E-state index in [1.54, 1.807) is 19.5 Å². The lowest BCUT2D eigenvalue weighted by Crippen LogP contribution is -2.36. The molecule has 1 heterocycles. The second-order valence-corrected chi connectivity index (χ2v) is 6.24. The molecule has 0 radical (unpaired) electrons. The van der Waals surface area contributed by atoms with Crippen molar-refractivity contribution < 1.29 is 9.53 Å². The van der Waals surface area contributed by atoms with E-state index in [1.165, 1.54) is 0 Å². The third-order valence-corrected chi connectivity index (χ3v) is 4.70. The zero-order chi connectivity index (χ0) is 16.4. The number of nitrogens with one attached hydrogen (secondary N) is 1. The quantitative estimate of drug-likeness (QED) is 0.922. The van der Waals surface area contributed by atoms with Gasteiger partial charge in [-0.05, 0) is 61.6 Å². The molecule has 1 amide bonds. The van der Waals surface area contributed by atoms with E-state index in [0.717, 1.165) is 35.3 Å². The molecule has 1 fully saturated rings. The van der Waals surface area contributed by atoms with Gasteiger partial charge in [-0.15, -0.1) is 0 Å². The van der Waals surface area contributed by atoms with Gasteiger partial charge in [-0.25, -0.2) is 0 Å². The van der Waals surface area contributed by atoms with Crippen LogP contribution in [0.25, 0.3) is 0 Å². The minimum absolute atomic E-state index is 0.0321. The van der Waals surface area contributed by atoms with Crippen LogP contribution in [-0.2, 0) is 10.2 Å².